The van der Waals surface area contributed by atoms with Crippen LogP contribution in [0.15, 0.2) is 10.7 Å². The number of nitrogens with zero attached hydrogens (tertiary/aromatic N) is 3. The van der Waals surface area contributed by atoms with Gasteiger partial charge in [0.2, 0.25) is 0 Å². The molecule has 1 aromatic rings. The SMILES string of the molecule is CCOC(=O)CCCCCn1cc(Br)c([N+](=O)[O-])n1. The zero-order chi connectivity index (χ0) is 14.3. The molecule has 0 fully saturated rings. The van der Waals surface area contributed by atoms with Gasteiger partial charge >= 0.3 is 11.8 Å². The summed E-state index contributed by atoms with van der Waals surface area (Å²) in [5, 5.41) is 14.4. The van der Waals surface area contributed by atoms with Gasteiger partial charge in [-0.15, -0.1) is 0 Å². The first-order valence-electron chi connectivity index (χ1n) is 6.07. The van der Waals surface area contributed by atoms with Gasteiger partial charge < -0.3 is 14.9 Å². The van der Waals surface area contributed by atoms with Crippen molar-refractivity contribution in [3.63, 3.8) is 0 Å². The van der Waals surface area contributed by atoms with E-state index in [1.54, 1.807) is 13.1 Å². The van der Waals surface area contributed by atoms with Gasteiger partial charge in [-0.2, -0.15) is 4.68 Å². The molecule has 0 aromatic carbocycles. The normalized spacial score (nSPS) is 10.4. The second kappa shape index (κ2) is 7.88. The molecule has 0 saturated carbocycles. The van der Waals surface area contributed by atoms with Crippen LogP contribution in [0.2, 0.25) is 0 Å². The third-order valence-corrected chi connectivity index (χ3v) is 3.00. The van der Waals surface area contributed by atoms with Crippen molar-refractivity contribution in [3.8, 4) is 0 Å². The summed E-state index contributed by atoms with van der Waals surface area (Å²) >= 11 is 3.09. The number of nitro groups is 1. The molecular weight excluding hydrogens is 318 g/mol. The van der Waals surface area contributed by atoms with Crippen molar-refractivity contribution in [1.82, 2.24) is 9.78 Å². The molecule has 0 aliphatic heterocycles. The van der Waals surface area contributed by atoms with E-state index in [1.807, 2.05) is 0 Å². The van der Waals surface area contributed by atoms with Gasteiger partial charge in [-0.25, -0.2) is 0 Å². The molecule has 7 nitrogen and oxygen atoms in total. The van der Waals surface area contributed by atoms with Crippen molar-refractivity contribution in [1.29, 1.82) is 0 Å². The largest absolute Gasteiger partial charge is 0.466 e. The lowest BCUT2D eigenvalue weighted by molar-refractivity contribution is -0.390. The Morgan fingerprint density at radius 1 is 1.53 bits per heavy atom. The van der Waals surface area contributed by atoms with E-state index in [0.29, 0.717) is 24.0 Å². The number of carbonyl (C=O) groups excluding carboxylic acids is 1. The van der Waals surface area contributed by atoms with Crippen LogP contribution in [0.25, 0.3) is 0 Å². The second-order valence-electron chi connectivity index (χ2n) is 3.94. The number of aryl methyl sites for hydroxylation is 1. The van der Waals surface area contributed by atoms with E-state index in [4.69, 9.17) is 4.74 Å². The molecule has 1 heterocycles. The zero-order valence-electron chi connectivity index (χ0n) is 10.7. The Morgan fingerprint density at radius 3 is 2.84 bits per heavy atom. The number of hydrogen-bond acceptors (Lipinski definition) is 5. The van der Waals surface area contributed by atoms with Crippen molar-refractivity contribution in [2.45, 2.75) is 39.2 Å². The maximum Gasteiger partial charge on any atom is 0.404 e. The molecule has 1 aromatic heterocycles. The fraction of sp³-hybridized carbons (Fsp3) is 0.636. The summed E-state index contributed by atoms with van der Waals surface area (Å²) in [6, 6.07) is 0. The fourth-order valence-electron chi connectivity index (χ4n) is 1.58. The molecule has 0 atom stereocenters. The molecule has 106 valence electrons. The lowest BCUT2D eigenvalue weighted by Gasteiger charge is -2.01. The third-order valence-electron chi connectivity index (χ3n) is 2.45. The maximum absolute atomic E-state index is 11.1. The quantitative estimate of drug-likeness (QED) is 0.316. The number of rotatable bonds is 8. The highest BCUT2D eigenvalue weighted by Gasteiger charge is 2.17. The van der Waals surface area contributed by atoms with E-state index < -0.39 is 4.92 Å². The van der Waals surface area contributed by atoms with Crippen LogP contribution in [0.1, 0.15) is 32.6 Å². The van der Waals surface area contributed by atoms with Gasteiger partial charge in [-0.3, -0.25) is 4.79 Å². The third kappa shape index (κ3) is 5.37. The smallest absolute Gasteiger partial charge is 0.404 e. The molecule has 0 radical (unpaired) electrons. The summed E-state index contributed by atoms with van der Waals surface area (Å²) in [4.78, 5) is 21.1. The molecule has 0 N–H and O–H groups in total. The van der Waals surface area contributed by atoms with Crippen molar-refractivity contribution < 1.29 is 14.5 Å². The predicted molar refractivity (Wildman–Crippen MR) is 71.7 cm³/mol. The zero-order valence-corrected chi connectivity index (χ0v) is 12.3. The average molecular weight is 334 g/mol. The summed E-state index contributed by atoms with van der Waals surface area (Å²) in [6.07, 6.45) is 4.42. The molecule has 0 aliphatic rings. The highest BCUT2D eigenvalue weighted by atomic mass is 79.9. The van der Waals surface area contributed by atoms with Gasteiger partial charge in [-0.1, -0.05) is 6.42 Å². The fourth-order valence-corrected chi connectivity index (χ4v) is 2.04. The van der Waals surface area contributed by atoms with Crippen LogP contribution in [0.4, 0.5) is 5.82 Å². The van der Waals surface area contributed by atoms with E-state index >= 15 is 0 Å². The molecule has 1 rings (SSSR count). The minimum Gasteiger partial charge on any atom is -0.466 e. The highest BCUT2D eigenvalue weighted by molar-refractivity contribution is 9.10. The van der Waals surface area contributed by atoms with Crippen LogP contribution in [0, 0.1) is 10.1 Å². The molecule has 0 aliphatic carbocycles. The lowest BCUT2D eigenvalue weighted by atomic mass is 10.2. The second-order valence-corrected chi connectivity index (χ2v) is 4.79. The Balaban J connectivity index is 2.24. The predicted octanol–water partition coefficient (Wildman–Crippen LogP) is 2.68. The standard InChI is InChI=1S/C11H16BrN3O4/c1-2-19-10(16)6-4-3-5-7-14-8-9(12)11(13-14)15(17)18/h8H,2-7H2,1H3. The number of aromatic nitrogens is 2. The molecule has 0 bridgehead atoms. The first-order chi connectivity index (χ1) is 9.04. The van der Waals surface area contributed by atoms with Crippen LogP contribution in [-0.4, -0.2) is 27.3 Å². The van der Waals surface area contributed by atoms with Crippen molar-refractivity contribution in [2.24, 2.45) is 0 Å². The molecule has 8 heteroatoms. The summed E-state index contributed by atoms with van der Waals surface area (Å²) in [7, 11) is 0. The minimum absolute atomic E-state index is 0.175. The maximum atomic E-state index is 11.1. The summed E-state index contributed by atoms with van der Waals surface area (Å²) in [5.74, 6) is -0.355. The highest BCUT2D eigenvalue weighted by Crippen LogP contribution is 2.22. The topological polar surface area (TPSA) is 87.3 Å². The van der Waals surface area contributed by atoms with E-state index in [0.717, 1.165) is 19.3 Å². The van der Waals surface area contributed by atoms with Gasteiger partial charge in [0.25, 0.3) is 0 Å². The minimum atomic E-state index is -0.526. The van der Waals surface area contributed by atoms with Gasteiger partial charge in [-0.05, 0) is 40.6 Å². The Labute approximate surface area is 119 Å². The van der Waals surface area contributed by atoms with Crippen molar-refractivity contribution in [2.75, 3.05) is 6.61 Å². The van der Waals surface area contributed by atoms with E-state index in [-0.39, 0.29) is 11.8 Å². The number of esters is 1. The number of halogens is 1. The molecule has 0 saturated heterocycles. The molecule has 0 amide bonds. The Bertz CT molecular complexity index is 447. The van der Waals surface area contributed by atoms with Crippen LogP contribution in [-0.2, 0) is 16.1 Å². The first-order valence-corrected chi connectivity index (χ1v) is 6.87. The van der Waals surface area contributed by atoms with E-state index in [2.05, 4.69) is 21.0 Å². The molecule has 19 heavy (non-hydrogen) atoms. The van der Waals surface area contributed by atoms with Gasteiger partial charge in [0.1, 0.15) is 4.47 Å². The summed E-state index contributed by atoms with van der Waals surface area (Å²) in [6.45, 7) is 2.78. The Kier molecular flexibility index (Phi) is 6.48. The molecule has 0 unspecified atom stereocenters. The van der Waals surface area contributed by atoms with Crippen molar-refractivity contribution >= 4 is 27.7 Å². The number of hydrogen-bond donors (Lipinski definition) is 0. The Morgan fingerprint density at radius 2 is 2.26 bits per heavy atom. The molecule has 0 spiro atoms. The van der Waals surface area contributed by atoms with Crippen LogP contribution >= 0.6 is 15.9 Å². The Hall–Kier alpha value is -1.44. The monoisotopic (exact) mass is 333 g/mol. The van der Waals surface area contributed by atoms with Crippen molar-refractivity contribution in [3.05, 3.63) is 20.8 Å². The first kappa shape index (κ1) is 15.6. The number of ether oxygens (including phenoxy) is 1. The van der Waals surface area contributed by atoms with Crippen LogP contribution < -0.4 is 0 Å². The van der Waals surface area contributed by atoms with Gasteiger partial charge in [0.05, 0.1) is 24.4 Å². The molecular formula is C11H16BrN3O4. The number of carbonyl (C=O) groups is 1. The lowest BCUT2D eigenvalue weighted by Crippen LogP contribution is -2.04. The van der Waals surface area contributed by atoms with Gasteiger partial charge in [0.15, 0.2) is 0 Å². The van der Waals surface area contributed by atoms with E-state index in [1.165, 1.54) is 4.68 Å². The van der Waals surface area contributed by atoms with E-state index in [9.17, 15) is 14.9 Å². The van der Waals surface area contributed by atoms with Crippen LogP contribution in [0.5, 0.6) is 0 Å². The number of unbranched alkanes of at least 4 members (excludes halogenated alkanes) is 2. The summed E-state index contributed by atoms with van der Waals surface area (Å²) < 4.78 is 6.73. The average Bonchev–Trinajstić information content (AvgIpc) is 2.70. The van der Waals surface area contributed by atoms with Crippen LogP contribution in [0.3, 0.4) is 0 Å². The summed E-state index contributed by atoms with van der Waals surface area (Å²) in [5.41, 5.74) is 0. The van der Waals surface area contributed by atoms with Gasteiger partial charge in [0, 0.05) is 6.42 Å².